The Balaban J connectivity index is 1.99. The molecule has 0 radical (unpaired) electrons. The lowest BCUT2D eigenvalue weighted by Crippen LogP contribution is -2.20. The third kappa shape index (κ3) is 4.64. The summed E-state index contributed by atoms with van der Waals surface area (Å²) in [6.45, 7) is 5.38. The fourth-order valence-corrected chi connectivity index (χ4v) is 2.67. The van der Waals surface area contributed by atoms with Crippen LogP contribution >= 0.6 is 15.9 Å². The molecular weight excluding hydrogens is 330 g/mol. The van der Waals surface area contributed by atoms with E-state index in [9.17, 15) is 0 Å². The number of aromatic nitrogens is 2. The van der Waals surface area contributed by atoms with Crippen molar-refractivity contribution in [1.82, 2.24) is 15.0 Å². The third-order valence-corrected chi connectivity index (χ3v) is 4.28. The average molecular weight is 352 g/mol. The van der Waals surface area contributed by atoms with E-state index in [0.29, 0.717) is 17.6 Å². The summed E-state index contributed by atoms with van der Waals surface area (Å²) in [5.41, 5.74) is 2.17. The molecule has 0 aliphatic heterocycles. The highest BCUT2D eigenvalue weighted by atomic mass is 79.9. The molecule has 0 spiro atoms. The second-order valence-corrected chi connectivity index (χ2v) is 6.74. The van der Waals surface area contributed by atoms with E-state index < -0.39 is 0 Å². The average Bonchev–Trinajstić information content (AvgIpc) is 2.88. The van der Waals surface area contributed by atoms with Crippen molar-refractivity contribution in [3.63, 3.8) is 0 Å². The van der Waals surface area contributed by atoms with Crippen LogP contribution in [0.5, 0.6) is 0 Å². The van der Waals surface area contributed by atoms with Crippen molar-refractivity contribution in [2.75, 3.05) is 20.6 Å². The first kappa shape index (κ1) is 16.2. The number of benzene rings is 1. The van der Waals surface area contributed by atoms with Gasteiger partial charge in [-0.05, 0) is 45.0 Å². The van der Waals surface area contributed by atoms with Crippen LogP contribution in [0, 0.1) is 12.8 Å². The van der Waals surface area contributed by atoms with Gasteiger partial charge in [0.15, 0.2) is 0 Å². The number of nitrogens with zero attached hydrogens (tertiary/aromatic N) is 3. The van der Waals surface area contributed by atoms with Gasteiger partial charge >= 0.3 is 0 Å². The van der Waals surface area contributed by atoms with Crippen LogP contribution in [-0.4, -0.2) is 35.7 Å². The molecule has 1 aromatic carbocycles. The van der Waals surface area contributed by atoms with Crippen molar-refractivity contribution in [2.45, 2.75) is 26.7 Å². The molecule has 0 aliphatic rings. The van der Waals surface area contributed by atoms with Gasteiger partial charge in [-0.15, -0.1) is 0 Å². The summed E-state index contributed by atoms with van der Waals surface area (Å²) < 4.78 is 6.42. The molecule has 1 aromatic heterocycles. The molecule has 0 saturated heterocycles. The van der Waals surface area contributed by atoms with Crippen molar-refractivity contribution < 1.29 is 4.52 Å². The van der Waals surface area contributed by atoms with Crippen LogP contribution in [0.15, 0.2) is 27.2 Å². The fraction of sp³-hybridized carbons (Fsp3) is 0.500. The smallest absolute Gasteiger partial charge is 0.226 e. The van der Waals surface area contributed by atoms with E-state index in [1.807, 2.05) is 12.1 Å². The van der Waals surface area contributed by atoms with E-state index in [1.54, 1.807) is 0 Å². The molecule has 21 heavy (non-hydrogen) atoms. The van der Waals surface area contributed by atoms with Gasteiger partial charge < -0.3 is 9.42 Å². The Labute approximate surface area is 134 Å². The van der Waals surface area contributed by atoms with E-state index in [2.05, 4.69) is 65.0 Å². The minimum atomic E-state index is 0.615. The maximum absolute atomic E-state index is 5.35. The molecule has 5 heteroatoms. The van der Waals surface area contributed by atoms with Gasteiger partial charge in [-0.2, -0.15) is 4.98 Å². The van der Waals surface area contributed by atoms with Gasteiger partial charge in [0.2, 0.25) is 11.7 Å². The highest BCUT2D eigenvalue weighted by molar-refractivity contribution is 9.10. The molecular formula is C16H22BrN3O. The van der Waals surface area contributed by atoms with Crippen LogP contribution in [-0.2, 0) is 6.42 Å². The summed E-state index contributed by atoms with van der Waals surface area (Å²) >= 11 is 3.53. The number of halogens is 1. The number of hydrogen-bond acceptors (Lipinski definition) is 4. The van der Waals surface area contributed by atoms with Crippen molar-refractivity contribution in [3.8, 4) is 11.4 Å². The molecule has 4 nitrogen and oxygen atoms in total. The van der Waals surface area contributed by atoms with Crippen LogP contribution in [0.25, 0.3) is 11.4 Å². The van der Waals surface area contributed by atoms with E-state index in [0.717, 1.165) is 29.4 Å². The largest absolute Gasteiger partial charge is 0.339 e. The van der Waals surface area contributed by atoms with Crippen LogP contribution in [0.2, 0.25) is 0 Å². The number of aryl methyl sites for hydroxylation is 2. The van der Waals surface area contributed by atoms with Gasteiger partial charge in [0.05, 0.1) is 0 Å². The van der Waals surface area contributed by atoms with Crippen molar-refractivity contribution in [2.24, 2.45) is 5.92 Å². The lowest BCUT2D eigenvalue weighted by atomic mass is 10.1. The Hall–Kier alpha value is -1.20. The van der Waals surface area contributed by atoms with Crippen LogP contribution in [0.4, 0.5) is 0 Å². The summed E-state index contributed by atoms with van der Waals surface area (Å²) in [5.74, 6) is 1.99. The normalized spacial score (nSPS) is 12.9. The van der Waals surface area contributed by atoms with Crippen LogP contribution in [0.1, 0.15) is 24.8 Å². The molecule has 2 aromatic rings. The van der Waals surface area contributed by atoms with Gasteiger partial charge in [-0.1, -0.05) is 40.1 Å². The van der Waals surface area contributed by atoms with Crippen LogP contribution < -0.4 is 0 Å². The second kappa shape index (κ2) is 7.18. The van der Waals surface area contributed by atoms with Crippen molar-refractivity contribution >= 4 is 15.9 Å². The third-order valence-electron chi connectivity index (χ3n) is 3.43. The Bertz CT molecular complexity index is 595. The van der Waals surface area contributed by atoms with Crippen molar-refractivity contribution in [3.05, 3.63) is 34.1 Å². The van der Waals surface area contributed by atoms with Crippen LogP contribution in [0.3, 0.4) is 0 Å². The lowest BCUT2D eigenvalue weighted by Gasteiger charge is -2.15. The highest BCUT2D eigenvalue weighted by Crippen LogP contribution is 2.24. The molecule has 0 aliphatic carbocycles. The standard InChI is InChI=1S/C16H22BrN3O/c1-11(10-20(3)4)5-8-15-18-16(19-21-15)13-7-6-12(2)14(17)9-13/h6-7,9,11H,5,8,10H2,1-4H3. The van der Waals surface area contributed by atoms with Gasteiger partial charge in [0.25, 0.3) is 0 Å². The van der Waals surface area contributed by atoms with Crippen molar-refractivity contribution in [1.29, 1.82) is 0 Å². The minimum Gasteiger partial charge on any atom is -0.339 e. The monoisotopic (exact) mass is 351 g/mol. The quantitative estimate of drug-likeness (QED) is 0.790. The van der Waals surface area contributed by atoms with Gasteiger partial charge in [-0.25, -0.2) is 0 Å². The summed E-state index contributed by atoms with van der Waals surface area (Å²) in [6.07, 6.45) is 1.88. The number of rotatable bonds is 6. The molecule has 0 N–H and O–H groups in total. The van der Waals surface area contributed by atoms with Gasteiger partial charge in [-0.3, -0.25) is 0 Å². The molecule has 1 unspecified atom stereocenters. The predicted octanol–water partition coefficient (Wildman–Crippen LogP) is 3.94. The first-order chi connectivity index (χ1) is 9.95. The topological polar surface area (TPSA) is 42.2 Å². The SMILES string of the molecule is Cc1ccc(-c2noc(CCC(C)CN(C)C)n2)cc1Br. The maximum Gasteiger partial charge on any atom is 0.226 e. The molecule has 114 valence electrons. The zero-order valence-electron chi connectivity index (χ0n) is 13.1. The van der Waals surface area contributed by atoms with E-state index in [4.69, 9.17) is 4.52 Å². The molecule has 0 fully saturated rings. The van der Waals surface area contributed by atoms with E-state index >= 15 is 0 Å². The zero-order valence-corrected chi connectivity index (χ0v) is 14.6. The molecule has 0 amide bonds. The molecule has 1 atom stereocenters. The molecule has 0 bridgehead atoms. The van der Waals surface area contributed by atoms with E-state index in [-0.39, 0.29) is 0 Å². The number of hydrogen-bond donors (Lipinski definition) is 0. The Kier molecular flexibility index (Phi) is 5.53. The molecule has 0 saturated carbocycles. The Morgan fingerprint density at radius 1 is 1.33 bits per heavy atom. The molecule has 2 rings (SSSR count). The summed E-state index contributed by atoms with van der Waals surface area (Å²) in [6, 6.07) is 6.09. The van der Waals surface area contributed by atoms with Gasteiger partial charge in [0.1, 0.15) is 0 Å². The van der Waals surface area contributed by atoms with Gasteiger partial charge in [0, 0.05) is 23.0 Å². The first-order valence-corrected chi connectivity index (χ1v) is 7.99. The second-order valence-electron chi connectivity index (χ2n) is 5.88. The summed E-state index contributed by atoms with van der Waals surface area (Å²) in [4.78, 5) is 6.69. The highest BCUT2D eigenvalue weighted by Gasteiger charge is 2.11. The maximum atomic E-state index is 5.35. The summed E-state index contributed by atoms with van der Waals surface area (Å²) in [5, 5.41) is 4.08. The Morgan fingerprint density at radius 2 is 2.10 bits per heavy atom. The van der Waals surface area contributed by atoms with E-state index in [1.165, 1.54) is 5.56 Å². The Morgan fingerprint density at radius 3 is 2.76 bits per heavy atom. The first-order valence-electron chi connectivity index (χ1n) is 7.19. The zero-order chi connectivity index (χ0) is 15.4. The molecule has 1 heterocycles. The summed E-state index contributed by atoms with van der Waals surface area (Å²) in [7, 11) is 4.19. The predicted molar refractivity (Wildman–Crippen MR) is 88.2 cm³/mol. The minimum absolute atomic E-state index is 0.615. The fourth-order valence-electron chi connectivity index (χ4n) is 2.29. The lowest BCUT2D eigenvalue weighted by molar-refractivity contribution is 0.313.